The highest BCUT2D eigenvalue weighted by Gasteiger charge is 2.20. The van der Waals surface area contributed by atoms with E-state index in [-0.39, 0.29) is 50.3 Å². The molecule has 0 aromatic heterocycles. The Bertz CT molecular complexity index is 1310. The van der Waals surface area contributed by atoms with E-state index < -0.39 is 0 Å². The molecule has 0 atom stereocenters. The second-order valence-electron chi connectivity index (χ2n) is 6.62. The minimum Gasteiger partial charge on any atom is -0.507 e. The predicted octanol–water partition coefficient (Wildman–Crippen LogP) is 4.83. The lowest BCUT2D eigenvalue weighted by molar-refractivity contribution is 0.457. The lowest BCUT2D eigenvalue weighted by Gasteiger charge is -2.14. The summed E-state index contributed by atoms with van der Waals surface area (Å²) in [6, 6.07) is 15.0. The van der Waals surface area contributed by atoms with Crippen molar-refractivity contribution in [3.63, 3.8) is 0 Å². The minimum atomic E-state index is -0.312. The van der Waals surface area contributed by atoms with Crippen molar-refractivity contribution in [3.8, 4) is 28.7 Å². The molecule has 132 valence electrons. The number of fused-ring (bicyclic) bond motifs is 4. The summed E-state index contributed by atoms with van der Waals surface area (Å²) in [5.74, 6) is -1.06. The second kappa shape index (κ2) is 5.08. The average molecular weight is 358 g/mol. The average Bonchev–Trinajstić information content (AvgIpc) is 2.61. The summed E-state index contributed by atoms with van der Waals surface area (Å²) in [5, 5.41) is 55.7. The molecule has 0 fully saturated rings. The van der Waals surface area contributed by atoms with Gasteiger partial charge in [0.15, 0.2) is 0 Å². The molecule has 5 nitrogen and oxygen atoms in total. The summed E-state index contributed by atoms with van der Waals surface area (Å²) in [7, 11) is 0. The first-order valence-corrected chi connectivity index (χ1v) is 8.34. The van der Waals surface area contributed by atoms with E-state index in [1.54, 1.807) is 42.5 Å². The number of benzene rings is 5. The molecule has 0 saturated carbocycles. The van der Waals surface area contributed by atoms with Gasteiger partial charge in [0.1, 0.15) is 28.7 Å². The molecule has 0 aliphatic rings. The fourth-order valence-electron chi connectivity index (χ4n) is 3.89. The van der Waals surface area contributed by atoms with E-state index in [1.807, 2.05) is 0 Å². The van der Waals surface area contributed by atoms with Gasteiger partial charge in [0.2, 0.25) is 0 Å². The molecule has 5 heteroatoms. The molecule has 0 heterocycles. The molecule has 0 aliphatic carbocycles. The molecular weight excluding hydrogens is 344 g/mol. The summed E-state index contributed by atoms with van der Waals surface area (Å²) >= 11 is 0. The SMILES string of the molecule is Oc1cccc2cc3cc4cc5cccc(O)c5c(O)c4c(O)c3c(O)c12. The van der Waals surface area contributed by atoms with Crippen molar-refractivity contribution < 1.29 is 25.5 Å². The molecule has 0 bridgehead atoms. The van der Waals surface area contributed by atoms with Gasteiger partial charge in [-0.05, 0) is 51.9 Å². The smallest absolute Gasteiger partial charge is 0.138 e. The zero-order valence-electron chi connectivity index (χ0n) is 13.9. The lowest BCUT2D eigenvalue weighted by Crippen LogP contribution is -1.85. The number of phenols is 5. The highest BCUT2D eigenvalue weighted by molar-refractivity contribution is 6.19. The zero-order valence-corrected chi connectivity index (χ0v) is 13.9. The fraction of sp³-hybridized carbons (Fsp3) is 0. The maximum absolute atomic E-state index is 10.9. The van der Waals surface area contributed by atoms with Gasteiger partial charge < -0.3 is 25.5 Å². The van der Waals surface area contributed by atoms with E-state index >= 15 is 0 Å². The number of hydrogen-bond acceptors (Lipinski definition) is 5. The Hall–Kier alpha value is -3.86. The summed E-state index contributed by atoms with van der Waals surface area (Å²) < 4.78 is 0. The third kappa shape index (κ3) is 1.93. The molecule has 5 N–H and O–H groups in total. The van der Waals surface area contributed by atoms with Crippen LogP contribution in [0.25, 0.3) is 43.1 Å². The van der Waals surface area contributed by atoms with E-state index in [0.29, 0.717) is 21.5 Å². The lowest BCUT2D eigenvalue weighted by atomic mass is 9.94. The molecule has 0 unspecified atom stereocenters. The maximum Gasteiger partial charge on any atom is 0.138 e. The van der Waals surface area contributed by atoms with Crippen LogP contribution in [0.3, 0.4) is 0 Å². The Morgan fingerprint density at radius 2 is 0.778 bits per heavy atom. The molecule has 5 rings (SSSR count). The van der Waals surface area contributed by atoms with Gasteiger partial charge >= 0.3 is 0 Å². The first-order valence-electron chi connectivity index (χ1n) is 8.34. The van der Waals surface area contributed by atoms with Crippen molar-refractivity contribution in [2.75, 3.05) is 0 Å². The van der Waals surface area contributed by atoms with Gasteiger partial charge in [-0.25, -0.2) is 0 Å². The molecule has 0 radical (unpaired) electrons. The molecule has 5 aromatic rings. The number of rotatable bonds is 0. The third-order valence-corrected chi connectivity index (χ3v) is 5.08. The van der Waals surface area contributed by atoms with Gasteiger partial charge in [0, 0.05) is 0 Å². The van der Waals surface area contributed by atoms with Gasteiger partial charge in [0.25, 0.3) is 0 Å². The van der Waals surface area contributed by atoms with E-state index in [1.165, 1.54) is 12.1 Å². The van der Waals surface area contributed by atoms with E-state index in [0.717, 1.165) is 0 Å². The molecule has 0 spiro atoms. The second-order valence-corrected chi connectivity index (χ2v) is 6.62. The summed E-state index contributed by atoms with van der Waals surface area (Å²) in [6.07, 6.45) is 0. The monoisotopic (exact) mass is 358 g/mol. The van der Waals surface area contributed by atoms with Crippen LogP contribution in [0.1, 0.15) is 0 Å². The Labute approximate surface area is 152 Å². The first-order chi connectivity index (χ1) is 13.0. The predicted molar refractivity (Wildman–Crippen MR) is 105 cm³/mol. The van der Waals surface area contributed by atoms with Crippen molar-refractivity contribution in [1.29, 1.82) is 0 Å². The Balaban J connectivity index is 2.07. The maximum atomic E-state index is 10.9. The molecule has 0 aliphatic heterocycles. The minimum absolute atomic E-state index is 0.105. The summed E-state index contributed by atoms with van der Waals surface area (Å²) in [6.45, 7) is 0. The van der Waals surface area contributed by atoms with Crippen molar-refractivity contribution in [1.82, 2.24) is 0 Å². The Morgan fingerprint density at radius 1 is 0.407 bits per heavy atom. The largest absolute Gasteiger partial charge is 0.507 e. The Morgan fingerprint density at radius 3 is 1.22 bits per heavy atom. The van der Waals surface area contributed by atoms with Crippen molar-refractivity contribution in [3.05, 3.63) is 54.6 Å². The number of phenolic OH excluding ortho intramolecular Hbond substituents is 5. The first kappa shape index (κ1) is 15.4. The number of aromatic hydroxyl groups is 5. The molecule has 0 saturated heterocycles. The molecule has 27 heavy (non-hydrogen) atoms. The standard InChI is InChI=1S/C22H14O5/c23-14-5-1-3-10-7-12-9-13-8-11-4-2-6-15(24)17(11)21(26)19(13)22(27)18(12)20(25)16(10)14/h1-9,23-27H. The van der Waals surface area contributed by atoms with E-state index in [9.17, 15) is 25.5 Å². The highest BCUT2D eigenvalue weighted by atomic mass is 16.3. The van der Waals surface area contributed by atoms with Crippen LogP contribution in [0.5, 0.6) is 28.7 Å². The van der Waals surface area contributed by atoms with Crippen LogP contribution in [-0.4, -0.2) is 25.5 Å². The van der Waals surface area contributed by atoms with Crippen LogP contribution >= 0.6 is 0 Å². The van der Waals surface area contributed by atoms with Gasteiger partial charge in [-0.2, -0.15) is 0 Å². The van der Waals surface area contributed by atoms with E-state index in [2.05, 4.69) is 0 Å². The van der Waals surface area contributed by atoms with Crippen LogP contribution in [-0.2, 0) is 0 Å². The van der Waals surface area contributed by atoms with Crippen LogP contribution in [0.4, 0.5) is 0 Å². The molecule has 0 amide bonds. The van der Waals surface area contributed by atoms with Gasteiger partial charge in [-0.1, -0.05) is 24.3 Å². The van der Waals surface area contributed by atoms with Crippen molar-refractivity contribution in [2.45, 2.75) is 0 Å². The number of hydrogen-bond donors (Lipinski definition) is 5. The van der Waals surface area contributed by atoms with Crippen LogP contribution in [0.15, 0.2) is 54.6 Å². The highest BCUT2D eigenvalue weighted by Crippen LogP contribution is 2.49. The topological polar surface area (TPSA) is 101 Å². The Kier molecular flexibility index (Phi) is 2.90. The van der Waals surface area contributed by atoms with E-state index in [4.69, 9.17) is 0 Å². The van der Waals surface area contributed by atoms with Gasteiger partial charge in [-0.15, -0.1) is 0 Å². The van der Waals surface area contributed by atoms with Gasteiger partial charge in [-0.3, -0.25) is 0 Å². The fourth-order valence-corrected chi connectivity index (χ4v) is 3.89. The van der Waals surface area contributed by atoms with Crippen LogP contribution in [0.2, 0.25) is 0 Å². The van der Waals surface area contributed by atoms with Gasteiger partial charge in [0.05, 0.1) is 21.5 Å². The molecular formula is C22H14O5. The van der Waals surface area contributed by atoms with Crippen molar-refractivity contribution >= 4 is 43.1 Å². The summed E-state index contributed by atoms with van der Waals surface area (Å²) in [5.41, 5.74) is 0. The quantitative estimate of drug-likeness (QED) is 0.255. The molecule has 5 aromatic carbocycles. The summed E-state index contributed by atoms with van der Waals surface area (Å²) in [4.78, 5) is 0. The van der Waals surface area contributed by atoms with Crippen molar-refractivity contribution in [2.24, 2.45) is 0 Å². The third-order valence-electron chi connectivity index (χ3n) is 5.08. The van der Waals surface area contributed by atoms with Crippen LogP contribution in [0, 0.1) is 0 Å². The normalized spacial score (nSPS) is 11.7. The zero-order chi connectivity index (χ0) is 18.9. The van der Waals surface area contributed by atoms with Crippen LogP contribution < -0.4 is 0 Å².